The van der Waals surface area contributed by atoms with Crippen molar-refractivity contribution in [3.05, 3.63) is 59.7 Å². The van der Waals surface area contributed by atoms with Gasteiger partial charge in [-0.1, -0.05) is 38.1 Å². The van der Waals surface area contributed by atoms with Crippen LogP contribution in [0.4, 0.5) is 0 Å². The van der Waals surface area contributed by atoms with Gasteiger partial charge in [-0.2, -0.15) is 0 Å². The van der Waals surface area contributed by atoms with Crippen LogP contribution in [0.1, 0.15) is 37.9 Å². The minimum absolute atomic E-state index is 0. The summed E-state index contributed by atoms with van der Waals surface area (Å²) in [6, 6.07) is 15.9. The van der Waals surface area contributed by atoms with E-state index in [-0.39, 0.29) is 42.5 Å². The predicted octanol–water partition coefficient (Wildman–Crippen LogP) is 4.23. The van der Waals surface area contributed by atoms with E-state index in [2.05, 4.69) is 48.5 Å². The van der Waals surface area contributed by atoms with Crippen molar-refractivity contribution in [3.8, 4) is 11.5 Å². The molecule has 0 aromatic heterocycles. The molecule has 1 atom stereocenters. The van der Waals surface area contributed by atoms with Crippen molar-refractivity contribution in [1.29, 1.82) is 0 Å². The second-order valence-corrected chi connectivity index (χ2v) is 8.29. The Morgan fingerprint density at radius 3 is 2.33 bits per heavy atom. The van der Waals surface area contributed by atoms with E-state index in [1.165, 1.54) is 4.90 Å². The summed E-state index contributed by atoms with van der Waals surface area (Å²) >= 11 is 0. The van der Waals surface area contributed by atoms with Gasteiger partial charge in [-0.25, -0.2) is 0 Å². The first kappa shape index (κ1) is 28.5. The highest BCUT2D eigenvalue weighted by molar-refractivity contribution is 14.0. The van der Waals surface area contributed by atoms with Crippen molar-refractivity contribution >= 4 is 35.8 Å². The minimum atomic E-state index is -0.0772. The molecule has 33 heavy (non-hydrogen) atoms. The molecule has 0 saturated carbocycles. The second kappa shape index (κ2) is 14.6. The lowest BCUT2D eigenvalue weighted by molar-refractivity contribution is -0.130. The highest BCUT2D eigenvalue weighted by atomic mass is 127. The molecule has 0 aliphatic carbocycles. The van der Waals surface area contributed by atoms with Gasteiger partial charge in [0.05, 0.1) is 12.6 Å². The lowest BCUT2D eigenvalue weighted by Gasteiger charge is -2.19. The first-order valence-electron chi connectivity index (χ1n) is 10.9. The molecule has 2 rings (SSSR count). The third-order valence-corrected chi connectivity index (χ3v) is 4.76. The molecule has 0 radical (unpaired) electrons. The van der Waals surface area contributed by atoms with E-state index < -0.39 is 0 Å². The molecule has 7 nitrogen and oxygen atoms in total. The molecule has 0 fully saturated rings. The van der Waals surface area contributed by atoms with Crippen molar-refractivity contribution < 1.29 is 14.3 Å². The fourth-order valence-electron chi connectivity index (χ4n) is 2.80. The number of nitrogens with zero attached hydrogens (tertiary/aromatic N) is 2. The number of rotatable bonds is 10. The van der Waals surface area contributed by atoms with Gasteiger partial charge in [-0.05, 0) is 48.2 Å². The van der Waals surface area contributed by atoms with Gasteiger partial charge < -0.3 is 25.0 Å². The van der Waals surface area contributed by atoms with Crippen LogP contribution in [0.25, 0.3) is 0 Å². The average Bonchev–Trinajstić information content (AvgIpc) is 2.79. The molecule has 2 aromatic carbocycles. The van der Waals surface area contributed by atoms with Crippen LogP contribution < -0.4 is 20.1 Å². The summed E-state index contributed by atoms with van der Waals surface area (Å²) in [6.45, 7) is 7.66. The quantitative estimate of drug-likeness (QED) is 0.255. The maximum absolute atomic E-state index is 11.7. The monoisotopic (exact) mass is 568 g/mol. The first-order chi connectivity index (χ1) is 15.3. The molecule has 2 aromatic rings. The third kappa shape index (κ3) is 10.3. The predicted molar refractivity (Wildman–Crippen MR) is 145 cm³/mol. The lowest BCUT2D eigenvalue weighted by Crippen LogP contribution is -2.38. The average molecular weight is 569 g/mol. The Kier molecular flexibility index (Phi) is 12.6. The van der Waals surface area contributed by atoms with Crippen LogP contribution >= 0.6 is 24.0 Å². The van der Waals surface area contributed by atoms with Gasteiger partial charge in [0.15, 0.2) is 12.6 Å². The lowest BCUT2D eigenvalue weighted by atomic mass is 10.1. The molecule has 0 aliphatic rings. The van der Waals surface area contributed by atoms with Crippen LogP contribution in [0.15, 0.2) is 53.5 Å². The molecule has 8 heteroatoms. The number of hydrogen-bond acceptors (Lipinski definition) is 4. The Hall–Kier alpha value is -2.49. The number of guanidine groups is 1. The minimum Gasteiger partial charge on any atom is -0.493 e. The molecule has 0 bridgehead atoms. The number of nitrogens with one attached hydrogen (secondary N) is 2. The van der Waals surface area contributed by atoms with Gasteiger partial charge in [0, 0.05) is 27.7 Å². The Morgan fingerprint density at radius 2 is 1.73 bits per heavy atom. The van der Waals surface area contributed by atoms with Crippen LogP contribution in [0.5, 0.6) is 11.5 Å². The fourth-order valence-corrected chi connectivity index (χ4v) is 2.80. The van der Waals surface area contributed by atoms with E-state index in [0.29, 0.717) is 30.8 Å². The van der Waals surface area contributed by atoms with Gasteiger partial charge in [-0.15, -0.1) is 24.0 Å². The van der Waals surface area contributed by atoms with Gasteiger partial charge in [0.25, 0.3) is 5.91 Å². The molecular formula is C25H37IN4O3. The molecule has 2 N–H and O–H groups in total. The Morgan fingerprint density at radius 1 is 1.03 bits per heavy atom. The van der Waals surface area contributed by atoms with E-state index in [4.69, 9.17) is 9.47 Å². The molecule has 0 aliphatic heterocycles. The summed E-state index contributed by atoms with van der Waals surface area (Å²) in [6.07, 6.45) is 0. The Labute approximate surface area is 215 Å². The summed E-state index contributed by atoms with van der Waals surface area (Å²) in [7, 11) is 5.17. The van der Waals surface area contributed by atoms with E-state index in [9.17, 15) is 4.79 Å². The van der Waals surface area contributed by atoms with Crippen LogP contribution in [0.2, 0.25) is 0 Å². The van der Waals surface area contributed by atoms with Crippen molar-refractivity contribution in [2.75, 3.05) is 34.4 Å². The van der Waals surface area contributed by atoms with Crippen LogP contribution in [0, 0.1) is 5.92 Å². The van der Waals surface area contributed by atoms with E-state index >= 15 is 0 Å². The maximum atomic E-state index is 11.7. The number of aliphatic imine (C=N–C) groups is 1. The van der Waals surface area contributed by atoms with Gasteiger partial charge in [-0.3, -0.25) is 9.79 Å². The summed E-state index contributed by atoms with van der Waals surface area (Å²) < 4.78 is 11.3. The zero-order valence-electron chi connectivity index (χ0n) is 20.4. The molecule has 1 unspecified atom stereocenters. The number of likely N-dealkylation sites (N-methyl/N-ethyl adjacent to an activating group) is 1. The topological polar surface area (TPSA) is 75.2 Å². The third-order valence-electron chi connectivity index (χ3n) is 4.76. The van der Waals surface area contributed by atoms with Crippen LogP contribution in [0.3, 0.4) is 0 Å². The molecule has 1 amide bonds. The number of amides is 1. The molecule has 0 spiro atoms. The SMILES string of the molecule is CN=C(NCc1cccc(OCC(=O)N(C)C)c1)NC(C)c1ccc(OCC(C)C)cc1.I. The van der Waals surface area contributed by atoms with Gasteiger partial charge >= 0.3 is 0 Å². The van der Waals surface area contributed by atoms with Crippen LogP contribution in [-0.2, 0) is 11.3 Å². The zero-order chi connectivity index (χ0) is 23.5. The van der Waals surface area contributed by atoms with Crippen molar-refractivity contribution in [2.45, 2.75) is 33.4 Å². The highest BCUT2D eigenvalue weighted by Crippen LogP contribution is 2.18. The van der Waals surface area contributed by atoms with Crippen molar-refractivity contribution in [2.24, 2.45) is 10.9 Å². The van der Waals surface area contributed by atoms with E-state index in [0.717, 1.165) is 16.9 Å². The Balaban J connectivity index is 0.00000544. The number of carbonyl (C=O) groups is 1. The van der Waals surface area contributed by atoms with Crippen LogP contribution in [-0.4, -0.2) is 51.1 Å². The zero-order valence-corrected chi connectivity index (χ0v) is 22.8. The number of benzene rings is 2. The van der Waals surface area contributed by atoms with Crippen molar-refractivity contribution in [1.82, 2.24) is 15.5 Å². The van der Waals surface area contributed by atoms with Gasteiger partial charge in [0.1, 0.15) is 11.5 Å². The normalized spacial score (nSPS) is 11.9. The fraction of sp³-hybridized carbons (Fsp3) is 0.440. The largest absolute Gasteiger partial charge is 0.493 e. The smallest absolute Gasteiger partial charge is 0.259 e. The summed E-state index contributed by atoms with van der Waals surface area (Å²) in [5.74, 6) is 2.66. The summed E-state index contributed by atoms with van der Waals surface area (Å²) in [5.41, 5.74) is 2.17. The molecule has 182 valence electrons. The van der Waals surface area contributed by atoms with E-state index in [1.54, 1.807) is 21.1 Å². The number of hydrogen-bond donors (Lipinski definition) is 2. The number of halogens is 1. The Bertz CT molecular complexity index is 885. The molecule has 0 saturated heterocycles. The maximum Gasteiger partial charge on any atom is 0.259 e. The standard InChI is InChI=1S/C25H36N4O3.HI/c1-18(2)16-31-22-12-10-21(11-13-22)19(3)28-25(26-4)27-15-20-8-7-9-23(14-20)32-17-24(30)29(5)6;/h7-14,18-19H,15-17H2,1-6H3,(H2,26,27,28);1H. The second-order valence-electron chi connectivity index (χ2n) is 8.29. The van der Waals surface area contributed by atoms with E-state index in [1.807, 2.05) is 36.4 Å². The highest BCUT2D eigenvalue weighted by Gasteiger charge is 2.09. The number of ether oxygens (including phenoxy) is 2. The molecular weight excluding hydrogens is 531 g/mol. The van der Waals surface area contributed by atoms with Crippen molar-refractivity contribution in [3.63, 3.8) is 0 Å². The summed E-state index contributed by atoms with van der Waals surface area (Å²) in [4.78, 5) is 17.5. The number of carbonyl (C=O) groups excluding carboxylic acids is 1. The van der Waals surface area contributed by atoms with Gasteiger partial charge in [0.2, 0.25) is 0 Å². The molecule has 0 heterocycles. The first-order valence-corrected chi connectivity index (χ1v) is 10.9. The summed E-state index contributed by atoms with van der Waals surface area (Å²) in [5, 5.41) is 6.73.